The number of carbonyl (C=O) groups excluding carboxylic acids is 1. The second-order valence-corrected chi connectivity index (χ2v) is 4.71. The van der Waals surface area contributed by atoms with E-state index in [2.05, 4.69) is 5.32 Å². The van der Waals surface area contributed by atoms with Crippen molar-refractivity contribution in [3.8, 4) is 5.75 Å². The smallest absolute Gasteiger partial charge is 0.165 e. The van der Waals surface area contributed by atoms with Crippen LogP contribution in [0.5, 0.6) is 5.75 Å². The number of ether oxygens (including phenoxy) is 1. The van der Waals surface area contributed by atoms with Crippen LogP contribution < -0.4 is 10.1 Å². The normalized spacial score (nSPS) is 10.4. The summed E-state index contributed by atoms with van der Waals surface area (Å²) in [7, 11) is 0. The Morgan fingerprint density at radius 1 is 1.19 bits per heavy atom. The first-order valence-electron chi connectivity index (χ1n) is 6.85. The molecule has 3 nitrogen and oxygen atoms in total. The third-order valence-electron chi connectivity index (χ3n) is 3.05. The number of benzene rings is 2. The first-order chi connectivity index (χ1) is 10.2. The van der Waals surface area contributed by atoms with Crippen molar-refractivity contribution in [3.63, 3.8) is 0 Å². The number of halogens is 1. The second kappa shape index (κ2) is 7.55. The summed E-state index contributed by atoms with van der Waals surface area (Å²) in [5.74, 6) is -0.503. The van der Waals surface area contributed by atoms with Gasteiger partial charge in [-0.25, -0.2) is 4.39 Å². The van der Waals surface area contributed by atoms with Crippen molar-refractivity contribution in [1.29, 1.82) is 0 Å². The lowest BCUT2D eigenvalue weighted by atomic mass is 10.1. The molecule has 2 aromatic rings. The first-order valence-corrected chi connectivity index (χ1v) is 6.85. The number of hydrogen-bond donors (Lipinski definition) is 1. The van der Waals surface area contributed by atoms with Crippen LogP contribution in [0.3, 0.4) is 0 Å². The van der Waals surface area contributed by atoms with Crippen molar-refractivity contribution >= 4 is 5.78 Å². The van der Waals surface area contributed by atoms with E-state index in [9.17, 15) is 9.18 Å². The molecule has 21 heavy (non-hydrogen) atoms. The molecule has 2 rings (SSSR count). The number of ketones is 1. The predicted octanol–water partition coefficient (Wildman–Crippen LogP) is 3.20. The lowest BCUT2D eigenvalue weighted by Crippen LogP contribution is -2.20. The Labute approximate surface area is 123 Å². The molecule has 0 unspecified atom stereocenters. The molecule has 110 valence electrons. The molecule has 0 spiro atoms. The van der Waals surface area contributed by atoms with Crippen LogP contribution >= 0.6 is 0 Å². The fraction of sp³-hybridized carbons (Fsp3) is 0.235. The summed E-state index contributed by atoms with van der Waals surface area (Å²) in [5.41, 5.74) is 1.54. The average molecular weight is 287 g/mol. The van der Waals surface area contributed by atoms with Gasteiger partial charge in [-0.3, -0.25) is 4.79 Å². The van der Waals surface area contributed by atoms with E-state index in [1.54, 1.807) is 6.07 Å². The molecule has 4 heteroatoms. The van der Waals surface area contributed by atoms with Gasteiger partial charge in [-0.05, 0) is 30.7 Å². The van der Waals surface area contributed by atoms with E-state index in [-0.39, 0.29) is 11.5 Å². The van der Waals surface area contributed by atoms with Gasteiger partial charge in [0.2, 0.25) is 0 Å². The Kier molecular flexibility index (Phi) is 5.46. The summed E-state index contributed by atoms with van der Waals surface area (Å²) >= 11 is 0. The molecule has 0 saturated heterocycles. The molecule has 0 aromatic heterocycles. The Bertz CT molecular complexity index is 599. The van der Waals surface area contributed by atoms with E-state index in [4.69, 9.17) is 4.74 Å². The summed E-state index contributed by atoms with van der Waals surface area (Å²) in [6.45, 7) is 3.13. The molecule has 0 radical (unpaired) electrons. The van der Waals surface area contributed by atoms with E-state index in [1.165, 1.54) is 24.6 Å². The summed E-state index contributed by atoms with van der Waals surface area (Å²) in [5, 5.41) is 3.22. The van der Waals surface area contributed by atoms with Gasteiger partial charge in [0, 0.05) is 18.7 Å². The third kappa shape index (κ3) is 4.68. The summed E-state index contributed by atoms with van der Waals surface area (Å²) in [6, 6.07) is 14.3. The monoisotopic (exact) mass is 287 g/mol. The number of rotatable bonds is 7. The van der Waals surface area contributed by atoms with E-state index >= 15 is 0 Å². The van der Waals surface area contributed by atoms with Crippen LogP contribution in [-0.4, -0.2) is 18.9 Å². The quantitative estimate of drug-likeness (QED) is 0.628. The van der Waals surface area contributed by atoms with Crippen molar-refractivity contribution < 1.29 is 13.9 Å². The van der Waals surface area contributed by atoms with Crippen LogP contribution in [0.2, 0.25) is 0 Å². The van der Waals surface area contributed by atoms with Gasteiger partial charge in [-0.2, -0.15) is 0 Å². The Morgan fingerprint density at radius 3 is 2.62 bits per heavy atom. The topological polar surface area (TPSA) is 38.3 Å². The fourth-order valence-electron chi connectivity index (χ4n) is 1.90. The zero-order valence-corrected chi connectivity index (χ0v) is 11.9. The van der Waals surface area contributed by atoms with Crippen molar-refractivity contribution in [2.45, 2.75) is 13.5 Å². The van der Waals surface area contributed by atoms with E-state index < -0.39 is 5.82 Å². The highest BCUT2D eigenvalue weighted by molar-refractivity contribution is 5.94. The maximum absolute atomic E-state index is 13.7. The highest BCUT2D eigenvalue weighted by Crippen LogP contribution is 2.18. The zero-order chi connectivity index (χ0) is 15.1. The first kappa shape index (κ1) is 15.2. The van der Waals surface area contributed by atoms with Crippen LogP contribution in [0.15, 0.2) is 48.5 Å². The molecule has 0 saturated carbocycles. The van der Waals surface area contributed by atoms with Gasteiger partial charge in [-0.15, -0.1) is 0 Å². The van der Waals surface area contributed by atoms with Gasteiger partial charge in [0.15, 0.2) is 17.3 Å². The van der Waals surface area contributed by atoms with E-state index in [0.29, 0.717) is 18.7 Å². The highest BCUT2D eigenvalue weighted by atomic mass is 19.1. The minimum atomic E-state index is -0.509. The minimum Gasteiger partial charge on any atom is -0.489 e. The van der Waals surface area contributed by atoms with Crippen molar-refractivity contribution in [1.82, 2.24) is 5.32 Å². The molecule has 0 fully saturated rings. The largest absolute Gasteiger partial charge is 0.489 e. The predicted molar refractivity (Wildman–Crippen MR) is 80.0 cm³/mol. The summed E-state index contributed by atoms with van der Waals surface area (Å²) < 4.78 is 19.0. The fourth-order valence-corrected chi connectivity index (χ4v) is 1.90. The Morgan fingerprint density at radius 2 is 1.95 bits per heavy atom. The molecule has 0 bridgehead atoms. The average Bonchev–Trinajstić information content (AvgIpc) is 2.49. The van der Waals surface area contributed by atoms with Gasteiger partial charge < -0.3 is 10.1 Å². The van der Waals surface area contributed by atoms with Crippen LogP contribution in [-0.2, 0) is 6.54 Å². The molecule has 0 heterocycles. The van der Waals surface area contributed by atoms with Crippen LogP contribution in [0, 0.1) is 5.82 Å². The van der Waals surface area contributed by atoms with Gasteiger partial charge in [0.1, 0.15) is 6.61 Å². The number of carbonyl (C=O) groups is 1. The van der Waals surface area contributed by atoms with Crippen LogP contribution in [0.25, 0.3) is 0 Å². The van der Waals surface area contributed by atoms with Crippen LogP contribution in [0.4, 0.5) is 4.39 Å². The van der Waals surface area contributed by atoms with Crippen molar-refractivity contribution in [3.05, 3.63) is 65.5 Å². The van der Waals surface area contributed by atoms with Crippen molar-refractivity contribution in [2.75, 3.05) is 13.2 Å². The lowest BCUT2D eigenvalue weighted by Gasteiger charge is -2.09. The number of hydrogen-bond acceptors (Lipinski definition) is 3. The molecule has 0 aliphatic carbocycles. The van der Waals surface area contributed by atoms with Crippen molar-refractivity contribution in [2.24, 2.45) is 0 Å². The SMILES string of the molecule is CC(=O)c1ccc(OCCNCc2ccccc2)c(F)c1. The lowest BCUT2D eigenvalue weighted by molar-refractivity contribution is 0.101. The summed E-state index contributed by atoms with van der Waals surface area (Å²) in [6.07, 6.45) is 0. The maximum Gasteiger partial charge on any atom is 0.165 e. The highest BCUT2D eigenvalue weighted by Gasteiger charge is 2.07. The van der Waals surface area contributed by atoms with Gasteiger partial charge >= 0.3 is 0 Å². The molecule has 0 aliphatic heterocycles. The molecule has 2 aromatic carbocycles. The Hall–Kier alpha value is -2.20. The molecule has 0 atom stereocenters. The zero-order valence-electron chi connectivity index (χ0n) is 11.9. The molecule has 1 N–H and O–H groups in total. The number of Topliss-reactive ketones (excluding diaryl/α,β-unsaturated/α-hetero) is 1. The van der Waals surface area contributed by atoms with E-state index in [0.717, 1.165) is 6.54 Å². The molecule has 0 amide bonds. The van der Waals surface area contributed by atoms with E-state index in [1.807, 2.05) is 30.3 Å². The third-order valence-corrected chi connectivity index (χ3v) is 3.05. The van der Waals surface area contributed by atoms with Gasteiger partial charge in [-0.1, -0.05) is 30.3 Å². The minimum absolute atomic E-state index is 0.162. The Balaban J connectivity index is 1.75. The van der Waals surface area contributed by atoms with Gasteiger partial charge in [0.05, 0.1) is 0 Å². The number of nitrogens with one attached hydrogen (secondary N) is 1. The maximum atomic E-state index is 13.7. The standard InChI is InChI=1S/C17H18FNO2/c1-13(20)15-7-8-17(16(18)11-15)21-10-9-19-12-14-5-3-2-4-6-14/h2-8,11,19H,9-10,12H2,1H3. The van der Waals surface area contributed by atoms with Crippen LogP contribution in [0.1, 0.15) is 22.8 Å². The molecular formula is C17H18FNO2. The van der Waals surface area contributed by atoms with Gasteiger partial charge in [0.25, 0.3) is 0 Å². The molecule has 0 aliphatic rings. The molecular weight excluding hydrogens is 269 g/mol. The summed E-state index contributed by atoms with van der Waals surface area (Å²) in [4.78, 5) is 11.1. The second-order valence-electron chi connectivity index (χ2n) is 4.71.